The first-order valence-electron chi connectivity index (χ1n) is 13.2. The number of aliphatic hydroxyl groups is 1. The second-order valence-corrected chi connectivity index (χ2v) is 10.1. The third kappa shape index (κ3) is 9.10. The molecule has 0 radical (unpaired) electrons. The zero-order valence-corrected chi connectivity index (χ0v) is 24.6. The van der Waals surface area contributed by atoms with Crippen LogP contribution in [0.5, 0.6) is 17.2 Å². The minimum atomic E-state index is -0.959. The number of primary amides is 1. The summed E-state index contributed by atoms with van der Waals surface area (Å²) in [6.45, 7) is 6.95. The van der Waals surface area contributed by atoms with Gasteiger partial charge in [0, 0.05) is 38.2 Å². The SMILES string of the molecule is COc1c(O)cc2c(O)c1C=C(C)C[C@H](OC)[C@@H](O)[C@@H](C)C=C(C)[C@H](OC(N)=O)C[C@@H](OC)C=CC=C(C)C(=O)N2. The first-order chi connectivity index (χ1) is 19.3. The summed E-state index contributed by atoms with van der Waals surface area (Å²) in [6, 6.07) is 1.20. The van der Waals surface area contributed by atoms with Crippen LogP contribution in [0, 0.1) is 5.92 Å². The molecular formula is C30H42N2O9. The Morgan fingerprint density at radius 2 is 1.80 bits per heavy atom. The van der Waals surface area contributed by atoms with Crippen molar-refractivity contribution < 1.29 is 43.9 Å². The van der Waals surface area contributed by atoms with Gasteiger partial charge in [0.25, 0.3) is 5.91 Å². The van der Waals surface area contributed by atoms with Gasteiger partial charge < -0.3 is 45.3 Å². The van der Waals surface area contributed by atoms with Crippen molar-refractivity contribution in [2.75, 3.05) is 26.6 Å². The van der Waals surface area contributed by atoms with Crippen LogP contribution in [0.3, 0.4) is 0 Å². The van der Waals surface area contributed by atoms with E-state index in [0.29, 0.717) is 16.7 Å². The van der Waals surface area contributed by atoms with Gasteiger partial charge >= 0.3 is 6.09 Å². The van der Waals surface area contributed by atoms with E-state index < -0.39 is 42.3 Å². The van der Waals surface area contributed by atoms with E-state index in [1.54, 1.807) is 51.2 Å². The summed E-state index contributed by atoms with van der Waals surface area (Å²) in [5, 5.41) is 35.4. The van der Waals surface area contributed by atoms with Gasteiger partial charge in [0.2, 0.25) is 0 Å². The molecule has 11 heteroatoms. The smallest absolute Gasteiger partial charge is 0.405 e. The Hall–Kier alpha value is -3.80. The third-order valence-electron chi connectivity index (χ3n) is 6.93. The molecule has 226 valence electrons. The number of hydrogen-bond donors (Lipinski definition) is 5. The fraction of sp³-hybridized carbons (Fsp3) is 0.467. The molecular weight excluding hydrogens is 532 g/mol. The number of methoxy groups -OCH3 is 3. The van der Waals surface area contributed by atoms with Gasteiger partial charge in [-0.25, -0.2) is 4.79 Å². The molecule has 11 nitrogen and oxygen atoms in total. The van der Waals surface area contributed by atoms with E-state index in [4.69, 9.17) is 24.7 Å². The Kier molecular flexibility index (Phi) is 12.4. The van der Waals surface area contributed by atoms with Crippen molar-refractivity contribution in [2.45, 2.75) is 65.0 Å². The molecule has 1 aromatic rings. The molecule has 0 aliphatic carbocycles. The Morgan fingerprint density at radius 1 is 1.12 bits per heavy atom. The summed E-state index contributed by atoms with van der Waals surface area (Å²) in [6.07, 6.45) is 4.96. The van der Waals surface area contributed by atoms with Crippen molar-refractivity contribution in [3.05, 3.63) is 52.7 Å². The summed E-state index contributed by atoms with van der Waals surface area (Å²) in [4.78, 5) is 24.5. The molecule has 0 aromatic heterocycles. The van der Waals surface area contributed by atoms with Crippen LogP contribution in [0.25, 0.3) is 6.08 Å². The lowest BCUT2D eigenvalue weighted by Crippen LogP contribution is -2.34. The van der Waals surface area contributed by atoms with Crippen LogP contribution in [0.15, 0.2) is 47.1 Å². The lowest BCUT2D eigenvalue weighted by atomic mass is 9.91. The second kappa shape index (κ2) is 15.3. The number of fused-ring (bicyclic) bond motifs is 2. The van der Waals surface area contributed by atoms with Crippen LogP contribution in [0.4, 0.5) is 10.5 Å². The molecule has 6 N–H and O–H groups in total. The minimum absolute atomic E-state index is 0.0164. The largest absolute Gasteiger partial charge is 0.505 e. The van der Waals surface area contributed by atoms with Gasteiger partial charge in [0.05, 0.1) is 36.7 Å². The predicted molar refractivity (Wildman–Crippen MR) is 156 cm³/mol. The number of aliphatic hydroxyl groups excluding tert-OH is 1. The van der Waals surface area contributed by atoms with Crippen molar-refractivity contribution in [1.82, 2.24) is 0 Å². The monoisotopic (exact) mass is 574 g/mol. The topological polar surface area (TPSA) is 170 Å². The summed E-state index contributed by atoms with van der Waals surface area (Å²) < 4.78 is 21.8. The number of rotatable bonds is 4. The highest BCUT2D eigenvalue weighted by molar-refractivity contribution is 6.05. The highest BCUT2D eigenvalue weighted by Crippen LogP contribution is 2.43. The molecule has 0 unspecified atom stereocenters. The Morgan fingerprint density at radius 3 is 2.39 bits per heavy atom. The average molecular weight is 575 g/mol. The van der Waals surface area contributed by atoms with Crippen molar-refractivity contribution in [3.63, 3.8) is 0 Å². The van der Waals surface area contributed by atoms with E-state index in [1.807, 2.05) is 6.92 Å². The van der Waals surface area contributed by atoms with Crippen LogP contribution < -0.4 is 15.8 Å². The summed E-state index contributed by atoms with van der Waals surface area (Å²) in [5.41, 5.74) is 7.12. The number of nitrogens with two attached hydrogens (primary N) is 1. The van der Waals surface area contributed by atoms with Crippen LogP contribution in [0.2, 0.25) is 0 Å². The number of allylic oxidation sites excluding steroid dienone is 2. The fourth-order valence-electron chi connectivity index (χ4n) is 4.58. The maximum atomic E-state index is 12.9. The van der Waals surface area contributed by atoms with Crippen LogP contribution in [-0.2, 0) is 19.0 Å². The van der Waals surface area contributed by atoms with Gasteiger partial charge in [-0.15, -0.1) is 0 Å². The van der Waals surface area contributed by atoms with Gasteiger partial charge in [-0.2, -0.15) is 0 Å². The van der Waals surface area contributed by atoms with Gasteiger partial charge in [-0.1, -0.05) is 36.8 Å². The molecule has 2 bridgehead atoms. The van der Waals surface area contributed by atoms with Gasteiger partial charge in [0.1, 0.15) is 11.9 Å². The third-order valence-corrected chi connectivity index (χ3v) is 6.93. The molecule has 1 aromatic carbocycles. The standard InChI is InChI=1S/C30H42N2O9/c1-16-11-21-27(35)22(15-23(33)28(21)40-7)32-29(36)17(2)9-8-10-20(38-5)14-24(41-30(31)37)18(3)13-19(4)26(34)25(12-16)39-6/h8-11,13,15,19-20,24-26,33-35H,12,14H2,1-7H3,(H2,31,37)(H,32,36)/t19-,20-,24+,25-,26-/m0/s1. The van der Waals surface area contributed by atoms with E-state index in [1.165, 1.54) is 27.4 Å². The average Bonchev–Trinajstić information content (AvgIpc) is 2.91. The van der Waals surface area contributed by atoms with E-state index in [-0.39, 0.29) is 41.3 Å². The van der Waals surface area contributed by atoms with E-state index >= 15 is 0 Å². The Bertz CT molecular complexity index is 1220. The number of phenolic OH excluding ortho intramolecular Hbond substituents is 2. The summed E-state index contributed by atoms with van der Waals surface area (Å²) in [7, 11) is 4.33. The van der Waals surface area contributed by atoms with Crippen molar-refractivity contribution in [1.29, 1.82) is 0 Å². The Balaban J connectivity index is 2.67. The second-order valence-electron chi connectivity index (χ2n) is 10.1. The number of carbonyl (C=O) groups excluding carboxylic acids is 2. The number of nitrogens with one attached hydrogen (secondary N) is 1. The number of ether oxygens (including phenoxy) is 4. The lowest BCUT2D eigenvalue weighted by molar-refractivity contribution is -0.112. The summed E-state index contributed by atoms with van der Waals surface area (Å²) in [5.74, 6) is -1.49. The highest BCUT2D eigenvalue weighted by Gasteiger charge is 2.27. The maximum absolute atomic E-state index is 12.9. The lowest BCUT2D eigenvalue weighted by Gasteiger charge is -2.27. The molecule has 1 aliphatic heterocycles. The number of benzene rings is 1. The van der Waals surface area contributed by atoms with Crippen LogP contribution >= 0.6 is 0 Å². The number of carbonyl (C=O) groups is 2. The molecule has 5 atom stereocenters. The zero-order valence-electron chi connectivity index (χ0n) is 24.6. The normalized spacial score (nSPS) is 24.8. The zero-order chi connectivity index (χ0) is 30.9. The molecule has 1 aliphatic rings. The van der Waals surface area contributed by atoms with Crippen LogP contribution in [-0.4, -0.2) is 73.1 Å². The van der Waals surface area contributed by atoms with Crippen molar-refractivity contribution in [3.8, 4) is 17.2 Å². The molecule has 0 spiro atoms. The first-order valence-corrected chi connectivity index (χ1v) is 13.2. The van der Waals surface area contributed by atoms with Crippen molar-refractivity contribution >= 4 is 23.8 Å². The summed E-state index contributed by atoms with van der Waals surface area (Å²) >= 11 is 0. The highest BCUT2D eigenvalue weighted by atomic mass is 16.6. The van der Waals surface area contributed by atoms with Crippen molar-refractivity contribution in [2.24, 2.45) is 11.7 Å². The van der Waals surface area contributed by atoms with E-state index in [9.17, 15) is 24.9 Å². The number of aromatic hydroxyl groups is 2. The molecule has 0 fully saturated rings. The number of amides is 2. The molecule has 0 saturated carbocycles. The van der Waals surface area contributed by atoms with E-state index in [0.717, 1.165) is 0 Å². The van der Waals surface area contributed by atoms with Gasteiger partial charge in [-0.3, -0.25) is 4.79 Å². The minimum Gasteiger partial charge on any atom is -0.505 e. The van der Waals surface area contributed by atoms with Crippen LogP contribution in [0.1, 0.15) is 46.1 Å². The fourth-order valence-corrected chi connectivity index (χ4v) is 4.58. The Labute approximate surface area is 240 Å². The first kappa shape index (κ1) is 33.4. The molecule has 41 heavy (non-hydrogen) atoms. The number of anilines is 1. The number of hydrogen-bond acceptors (Lipinski definition) is 9. The molecule has 0 saturated heterocycles. The van der Waals surface area contributed by atoms with Gasteiger partial charge in [-0.05, 0) is 38.8 Å². The van der Waals surface area contributed by atoms with Gasteiger partial charge in [0.15, 0.2) is 11.5 Å². The van der Waals surface area contributed by atoms with E-state index in [2.05, 4.69) is 5.32 Å². The molecule has 2 rings (SSSR count). The predicted octanol–water partition coefficient (Wildman–Crippen LogP) is 4.18. The maximum Gasteiger partial charge on any atom is 0.405 e. The molecule has 1 heterocycles. The number of phenols is 2. The molecule has 2 amide bonds. The quantitative estimate of drug-likeness (QED) is 0.201.